The van der Waals surface area contributed by atoms with Crippen LogP contribution >= 0.6 is 11.6 Å². The molecule has 0 aliphatic heterocycles. The molecule has 0 fully saturated rings. The molecule has 1 amide bonds. The van der Waals surface area contributed by atoms with Gasteiger partial charge in [0.15, 0.2) is 0 Å². The zero-order valence-electron chi connectivity index (χ0n) is 15.4. The maximum absolute atomic E-state index is 12.4. The SMILES string of the molecule is COc1ccc(Cl)cc1N=Cc1cc(C)n(NC(=O)c2ccccc2)c1C. The molecule has 0 aliphatic rings. The summed E-state index contributed by atoms with van der Waals surface area (Å²) >= 11 is 6.05. The number of aromatic nitrogens is 1. The van der Waals surface area contributed by atoms with Crippen LogP contribution in [0.1, 0.15) is 27.3 Å². The molecule has 138 valence electrons. The molecule has 0 aliphatic carbocycles. The molecule has 0 spiro atoms. The largest absolute Gasteiger partial charge is 0.494 e. The average Bonchev–Trinajstić information content (AvgIpc) is 2.94. The minimum atomic E-state index is -0.169. The van der Waals surface area contributed by atoms with Gasteiger partial charge in [-0.1, -0.05) is 29.8 Å². The second-order valence-corrected chi connectivity index (χ2v) is 6.48. The number of aryl methyl sites for hydroxylation is 1. The van der Waals surface area contributed by atoms with Gasteiger partial charge in [-0.15, -0.1) is 0 Å². The van der Waals surface area contributed by atoms with Crippen molar-refractivity contribution in [2.45, 2.75) is 13.8 Å². The van der Waals surface area contributed by atoms with Gasteiger partial charge in [-0.2, -0.15) is 0 Å². The van der Waals surface area contributed by atoms with Crippen molar-refractivity contribution in [3.8, 4) is 5.75 Å². The normalized spacial score (nSPS) is 11.0. The summed E-state index contributed by atoms with van der Waals surface area (Å²) in [7, 11) is 1.59. The Bertz CT molecular complexity index is 994. The predicted molar refractivity (Wildman–Crippen MR) is 109 cm³/mol. The van der Waals surface area contributed by atoms with Gasteiger partial charge in [0, 0.05) is 33.8 Å². The molecule has 0 atom stereocenters. The van der Waals surface area contributed by atoms with Crippen LogP contribution in [0.15, 0.2) is 59.6 Å². The number of nitrogens with one attached hydrogen (secondary N) is 1. The van der Waals surface area contributed by atoms with Gasteiger partial charge in [0.05, 0.1) is 7.11 Å². The van der Waals surface area contributed by atoms with Gasteiger partial charge in [-0.05, 0) is 50.2 Å². The lowest BCUT2D eigenvalue weighted by atomic mass is 10.2. The summed E-state index contributed by atoms with van der Waals surface area (Å²) in [6.45, 7) is 3.85. The number of carbonyl (C=O) groups is 1. The van der Waals surface area contributed by atoms with Crippen LogP contribution in [0.2, 0.25) is 5.02 Å². The zero-order valence-corrected chi connectivity index (χ0v) is 16.1. The fourth-order valence-electron chi connectivity index (χ4n) is 2.75. The molecule has 0 bridgehead atoms. The molecule has 0 saturated heterocycles. The van der Waals surface area contributed by atoms with Crippen molar-refractivity contribution >= 4 is 29.4 Å². The minimum absolute atomic E-state index is 0.169. The highest BCUT2D eigenvalue weighted by Crippen LogP contribution is 2.30. The Balaban J connectivity index is 1.86. The van der Waals surface area contributed by atoms with Crippen molar-refractivity contribution in [2.75, 3.05) is 12.5 Å². The van der Waals surface area contributed by atoms with Gasteiger partial charge >= 0.3 is 0 Å². The zero-order chi connectivity index (χ0) is 19.4. The first-order valence-electron chi connectivity index (χ1n) is 8.42. The van der Waals surface area contributed by atoms with Crippen molar-refractivity contribution in [2.24, 2.45) is 4.99 Å². The average molecular weight is 382 g/mol. The number of hydrogen-bond donors (Lipinski definition) is 1. The third kappa shape index (κ3) is 4.20. The second kappa shape index (κ2) is 8.10. The molecule has 3 rings (SSSR count). The van der Waals surface area contributed by atoms with E-state index in [1.165, 1.54) is 0 Å². The highest BCUT2D eigenvalue weighted by atomic mass is 35.5. The molecule has 1 N–H and O–H groups in total. The lowest BCUT2D eigenvalue weighted by Crippen LogP contribution is -2.24. The highest BCUT2D eigenvalue weighted by molar-refractivity contribution is 6.30. The number of halogens is 1. The van der Waals surface area contributed by atoms with Crippen LogP contribution in [-0.2, 0) is 0 Å². The second-order valence-electron chi connectivity index (χ2n) is 6.04. The number of amides is 1. The summed E-state index contributed by atoms with van der Waals surface area (Å²) in [5.74, 6) is 0.472. The molecule has 2 aromatic carbocycles. The molecule has 3 aromatic rings. The number of aliphatic imine (C=N–C) groups is 1. The van der Waals surface area contributed by atoms with Crippen LogP contribution in [-0.4, -0.2) is 23.9 Å². The van der Waals surface area contributed by atoms with E-state index in [9.17, 15) is 4.79 Å². The van der Waals surface area contributed by atoms with E-state index in [1.54, 1.807) is 48.3 Å². The summed E-state index contributed by atoms with van der Waals surface area (Å²) < 4.78 is 7.07. The first-order valence-corrected chi connectivity index (χ1v) is 8.80. The first kappa shape index (κ1) is 18.7. The molecule has 0 saturated carbocycles. The summed E-state index contributed by atoms with van der Waals surface area (Å²) in [6.07, 6.45) is 1.74. The third-order valence-corrected chi connectivity index (χ3v) is 4.44. The number of hydrogen-bond acceptors (Lipinski definition) is 3. The van der Waals surface area contributed by atoms with E-state index in [0.717, 1.165) is 17.0 Å². The first-order chi connectivity index (χ1) is 13.0. The van der Waals surface area contributed by atoms with E-state index in [4.69, 9.17) is 16.3 Å². The standard InChI is InChI=1S/C21H20ClN3O2/c1-14-11-17(13-23-19-12-18(22)9-10-20(19)27-3)15(2)25(14)24-21(26)16-7-5-4-6-8-16/h4-13H,1-3H3,(H,24,26). The van der Waals surface area contributed by atoms with Gasteiger partial charge in [0.25, 0.3) is 5.91 Å². The molecule has 1 heterocycles. The summed E-state index contributed by atoms with van der Waals surface area (Å²) in [5, 5.41) is 0.587. The smallest absolute Gasteiger partial charge is 0.270 e. The Labute approximate surface area is 163 Å². The van der Waals surface area contributed by atoms with Crippen LogP contribution in [0.5, 0.6) is 5.75 Å². The Morgan fingerprint density at radius 1 is 1.15 bits per heavy atom. The summed E-state index contributed by atoms with van der Waals surface area (Å²) in [5.41, 5.74) is 6.83. The van der Waals surface area contributed by atoms with Crippen LogP contribution in [0.4, 0.5) is 5.69 Å². The van der Waals surface area contributed by atoms with Crippen molar-refractivity contribution in [1.82, 2.24) is 4.68 Å². The van der Waals surface area contributed by atoms with Gasteiger partial charge in [0.1, 0.15) is 11.4 Å². The highest BCUT2D eigenvalue weighted by Gasteiger charge is 2.12. The molecule has 5 nitrogen and oxygen atoms in total. The van der Waals surface area contributed by atoms with E-state index in [0.29, 0.717) is 22.0 Å². The number of rotatable bonds is 5. The van der Waals surface area contributed by atoms with Gasteiger partial charge < -0.3 is 4.74 Å². The van der Waals surface area contributed by atoms with E-state index in [1.807, 2.05) is 38.1 Å². The molecule has 0 unspecified atom stereocenters. The van der Waals surface area contributed by atoms with Gasteiger partial charge in [0.2, 0.25) is 0 Å². The van der Waals surface area contributed by atoms with Crippen LogP contribution in [0.25, 0.3) is 0 Å². The number of nitrogens with zero attached hydrogens (tertiary/aromatic N) is 2. The van der Waals surface area contributed by atoms with Gasteiger partial charge in [-0.25, -0.2) is 0 Å². The monoisotopic (exact) mass is 381 g/mol. The van der Waals surface area contributed by atoms with Crippen molar-refractivity contribution in [3.63, 3.8) is 0 Å². The topological polar surface area (TPSA) is 55.6 Å². The molecular formula is C21H20ClN3O2. The van der Waals surface area contributed by atoms with E-state index in [2.05, 4.69) is 10.4 Å². The van der Waals surface area contributed by atoms with Crippen LogP contribution in [0, 0.1) is 13.8 Å². The maximum Gasteiger partial charge on any atom is 0.270 e. The Morgan fingerprint density at radius 3 is 2.59 bits per heavy atom. The van der Waals surface area contributed by atoms with Crippen molar-refractivity contribution < 1.29 is 9.53 Å². The minimum Gasteiger partial charge on any atom is -0.494 e. The third-order valence-electron chi connectivity index (χ3n) is 4.20. The number of benzene rings is 2. The molecule has 1 aromatic heterocycles. The fourth-order valence-corrected chi connectivity index (χ4v) is 2.92. The summed E-state index contributed by atoms with van der Waals surface area (Å²) in [6, 6.07) is 16.3. The Hall–Kier alpha value is -3.05. The predicted octanol–water partition coefficient (Wildman–Crippen LogP) is 4.90. The van der Waals surface area contributed by atoms with E-state index < -0.39 is 0 Å². The Kier molecular flexibility index (Phi) is 5.62. The number of ether oxygens (including phenoxy) is 1. The summed E-state index contributed by atoms with van der Waals surface area (Å²) in [4.78, 5) is 16.9. The lowest BCUT2D eigenvalue weighted by Gasteiger charge is -2.11. The van der Waals surface area contributed by atoms with E-state index in [-0.39, 0.29) is 5.91 Å². The van der Waals surface area contributed by atoms with Crippen molar-refractivity contribution in [3.05, 3.63) is 82.1 Å². The molecule has 6 heteroatoms. The van der Waals surface area contributed by atoms with Crippen LogP contribution < -0.4 is 10.2 Å². The quantitative estimate of drug-likeness (QED) is 0.639. The molecular weight excluding hydrogens is 362 g/mol. The Morgan fingerprint density at radius 2 is 1.89 bits per heavy atom. The maximum atomic E-state index is 12.4. The van der Waals surface area contributed by atoms with Crippen molar-refractivity contribution in [1.29, 1.82) is 0 Å². The van der Waals surface area contributed by atoms with E-state index >= 15 is 0 Å². The number of methoxy groups -OCH3 is 1. The fraction of sp³-hybridized carbons (Fsp3) is 0.143. The lowest BCUT2D eigenvalue weighted by molar-refractivity contribution is 0.101. The molecule has 0 radical (unpaired) electrons. The number of carbonyl (C=O) groups excluding carboxylic acids is 1. The molecule has 27 heavy (non-hydrogen) atoms. The van der Waals surface area contributed by atoms with Gasteiger partial charge in [-0.3, -0.25) is 19.9 Å². The van der Waals surface area contributed by atoms with Crippen LogP contribution in [0.3, 0.4) is 0 Å².